The van der Waals surface area contributed by atoms with Crippen molar-refractivity contribution in [2.24, 2.45) is 0 Å². The molecule has 2 aromatic rings. The number of nitrogens with zero attached hydrogens (tertiary/aromatic N) is 1. The summed E-state index contributed by atoms with van der Waals surface area (Å²) in [5.41, 5.74) is 3.48. The van der Waals surface area contributed by atoms with Gasteiger partial charge in [0.25, 0.3) is 0 Å². The Labute approximate surface area is 109 Å². The van der Waals surface area contributed by atoms with Crippen molar-refractivity contribution in [3.05, 3.63) is 51.5 Å². The molecule has 1 heterocycles. The standard InChI is InChI=1S/C14H13NO2S/c16-13(17)7-12-8-18-14(15-12)11-5-9-3-1-2-4-10(9)6-11/h1-4,8,11H,5-7H2,(H,16,17). The summed E-state index contributed by atoms with van der Waals surface area (Å²) in [4.78, 5) is 15.1. The maximum Gasteiger partial charge on any atom is 0.309 e. The third-order valence-electron chi connectivity index (χ3n) is 3.30. The van der Waals surface area contributed by atoms with E-state index in [4.69, 9.17) is 5.11 Å². The van der Waals surface area contributed by atoms with Crippen LogP contribution in [0.1, 0.15) is 27.7 Å². The van der Waals surface area contributed by atoms with E-state index in [1.54, 1.807) is 11.3 Å². The molecular formula is C14H13NO2S. The number of thiazole rings is 1. The first-order valence-electron chi connectivity index (χ1n) is 5.95. The van der Waals surface area contributed by atoms with Gasteiger partial charge in [0.05, 0.1) is 17.1 Å². The lowest BCUT2D eigenvalue weighted by molar-refractivity contribution is -0.136. The average molecular weight is 259 g/mol. The first-order valence-corrected chi connectivity index (χ1v) is 6.83. The minimum Gasteiger partial charge on any atom is -0.481 e. The van der Waals surface area contributed by atoms with Crippen LogP contribution in [0.4, 0.5) is 0 Å². The van der Waals surface area contributed by atoms with E-state index in [9.17, 15) is 4.79 Å². The van der Waals surface area contributed by atoms with Crippen molar-refractivity contribution < 1.29 is 9.90 Å². The van der Waals surface area contributed by atoms with Crippen LogP contribution in [0, 0.1) is 0 Å². The molecule has 0 fully saturated rings. The third-order valence-corrected chi connectivity index (χ3v) is 4.36. The van der Waals surface area contributed by atoms with Crippen LogP contribution in [0.2, 0.25) is 0 Å². The molecule has 1 aromatic carbocycles. The number of fused-ring (bicyclic) bond motifs is 1. The maximum absolute atomic E-state index is 10.6. The molecule has 0 radical (unpaired) electrons. The molecule has 0 atom stereocenters. The maximum atomic E-state index is 10.6. The van der Waals surface area contributed by atoms with Gasteiger partial charge in [0, 0.05) is 11.3 Å². The largest absolute Gasteiger partial charge is 0.481 e. The number of rotatable bonds is 3. The lowest BCUT2D eigenvalue weighted by Gasteiger charge is -2.03. The Kier molecular flexibility index (Phi) is 2.88. The van der Waals surface area contributed by atoms with Crippen LogP contribution in [-0.2, 0) is 24.1 Å². The van der Waals surface area contributed by atoms with E-state index >= 15 is 0 Å². The van der Waals surface area contributed by atoms with Crippen molar-refractivity contribution in [2.75, 3.05) is 0 Å². The highest BCUT2D eigenvalue weighted by Gasteiger charge is 2.24. The molecule has 1 aromatic heterocycles. The number of aromatic nitrogens is 1. The Morgan fingerprint density at radius 2 is 2.00 bits per heavy atom. The third kappa shape index (κ3) is 2.16. The molecule has 18 heavy (non-hydrogen) atoms. The lowest BCUT2D eigenvalue weighted by Crippen LogP contribution is -2.02. The number of benzene rings is 1. The van der Waals surface area contributed by atoms with Crippen molar-refractivity contribution in [3.8, 4) is 0 Å². The summed E-state index contributed by atoms with van der Waals surface area (Å²) >= 11 is 1.58. The summed E-state index contributed by atoms with van der Waals surface area (Å²) in [6, 6.07) is 8.47. The monoisotopic (exact) mass is 259 g/mol. The number of hydrogen-bond acceptors (Lipinski definition) is 3. The Bertz CT molecular complexity index is 566. The molecule has 1 aliphatic carbocycles. The van der Waals surface area contributed by atoms with Gasteiger partial charge < -0.3 is 5.11 Å². The molecule has 4 heteroatoms. The molecule has 0 saturated heterocycles. The highest BCUT2D eigenvalue weighted by atomic mass is 32.1. The molecule has 1 N–H and O–H groups in total. The molecule has 0 unspecified atom stereocenters. The fourth-order valence-corrected chi connectivity index (χ4v) is 3.40. The van der Waals surface area contributed by atoms with Crippen LogP contribution in [0.15, 0.2) is 29.6 Å². The highest BCUT2D eigenvalue weighted by Crippen LogP contribution is 2.35. The number of aliphatic carboxylic acids is 1. The van der Waals surface area contributed by atoms with Gasteiger partial charge in [-0.2, -0.15) is 0 Å². The van der Waals surface area contributed by atoms with Gasteiger partial charge in [0.1, 0.15) is 0 Å². The van der Waals surface area contributed by atoms with E-state index in [0.717, 1.165) is 17.8 Å². The summed E-state index contributed by atoms with van der Waals surface area (Å²) in [7, 11) is 0. The van der Waals surface area contributed by atoms with Crippen molar-refractivity contribution in [1.29, 1.82) is 0 Å². The smallest absolute Gasteiger partial charge is 0.309 e. The van der Waals surface area contributed by atoms with Gasteiger partial charge in [-0.05, 0) is 24.0 Å². The van der Waals surface area contributed by atoms with Gasteiger partial charge in [-0.15, -0.1) is 11.3 Å². The topological polar surface area (TPSA) is 50.2 Å². The number of carbonyl (C=O) groups is 1. The van der Waals surface area contributed by atoms with Crippen molar-refractivity contribution in [1.82, 2.24) is 4.98 Å². The first kappa shape index (κ1) is 11.4. The van der Waals surface area contributed by atoms with E-state index in [1.165, 1.54) is 11.1 Å². The molecule has 0 amide bonds. The van der Waals surface area contributed by atoms with Crippen LogP contribution < -0.4 is 0 Å². The fraction of sp³-hybridized carbons (Fsp3) is 0.286. The van der Waals surface area contributed by atoms with E-state index < -0.39 is 5.97 Å². The Morgan fingerprint density at radius 3 is 2.61 bits per heavy atom. The summed E-state index contributed by atoms with van der Waals surface area (Å²) in [6.07, 6.45) is 2.07. The first-order chi connectivity index (χ1) is 8.72. The molecular weight excluding hydrogens is 246 g/mol. The van der Waals surface area contributed by atoms with Gasteiger partial charge in [0.15, 0.2) is 0 Å². The molecule has 3 nitrogen and oxygen atoms in total. The Hall–Kier alpha value is -1.68. The van der Waals surface area contributed by atoms with Crippen LogP contribution >= 0.6 is 11.3 Å². The van der Waals surface area contributed by atoms with Crippen LogP contribution in [0.3, 0.4) is 0 Å². The Morgan fingerprint density at radius 1 is 1.33 bits per heavy atom. The molecule has 92 valence electrons. The van der Waals surface area contributed by atoms with Crippen molar-refractivity contribution in [2.45, 2.75) is 25.2 Å². The van der Waals surface area contributed by atoms with Gasteiger partial charge in [-0.3, -0.25) is 4.79 Å². The second-order valence-corrected chi connectivity index (χ2v) is 5.51. The Balaban J connectivity index is 1.78. The van der Waals surface area contributed by atoms with Gasteiger partial charge in [-0.1, -0.05) is 24.3 Å². The van der Waals surface area contributed by atoms with E-state index in [1.807, 2.05) is 5.38 Å². The fourth-order valence-electron chi connectivity index (χ4n) is 2.48. The van der Waals surface area contributed by atoms with Crippen molar-refractivity contribution in [3.63, 3.8) is 0 Å². The predicted molar refractivity (Wildman–Crippen MR) is 70.0 cm³/mol. The van der Waals surface area contributed by atoms with E-state index in [0.29, 0.717) is 11.6 Å². The molecule has 0 spiro atoms. The zero-order chi connectivity index (χ0) is 12.5. The average Bonchev–Trinajstić information content (AvgIpc) is 2.93. The predicted octanol–water partition coefficient (Wildman–Crippen LogP) is 2.65. The lowest BCUT2D eigenvalue weighted by atomic mass is 10.1. The molecule has 0 bridgehead atoms. The van der Waals surface area contributed by atoms with Crippen LogP contribution in [-0.4, -0.2) is 16.1 Å². The number of hydrogen-bond donors (Lipinski definition) is 1. The van der Waals surface area contributed by atoms with Crippen LogP contribution in [0.25, 0.3) is 0 Å². The van der Waals surface area contributed by atoms with Gasteiger partial charge >= 0.3 is 5.97 Å². The van der Waals surface area contributed by atoms with Crippen LogP contribution in [0.5, 0.6) is 0 Å². The SMILES string of the molecule is O=C(O)Cc1csc(C2Cc3ccccc3C2)n1. The summed E-state index contributed by atoms with van der Waals surface area (Å²) < 4.78 is 0. The molecule has 1 aliphatic rings. The quantitative estimate of drug-likeness (QED) is 0.922. The van der Waals surface area contributed by atoms with E-state index in [2.05, 4.69) is 29.2 Å². The summed E-state index contributed by atoms with van der Waals surface area (Å²) in [5, 5.41) is 11.7. The second kappa shape index (κ2) is 4.53. The van der Waals surface area contributed by atoms with Gasteiger partial charge in [0.2, 0.25) is 0 Å². The summed E-state index contributed by atoms with van der Waals surface area (Å²) in [5.74, 6) is -0.392. The van der Waals surface area contributed by atoms with Crippen molar-refractivity contribution >= 4 is 17.3 Å². The molecule has 3 rings (SSSR count). The minimum atomic E-state index is -0.818. The number of carboxylic acids is 1. The normalized spacial score (nSPS) is 14.7. The van der Waals surface area contributed by atoms with Gasteiger partial charge in [-0.25, -0.2) is 4.98 Å². The highest BCUT2D eigenvalue weighted by molar-refractivity contribution is 7.09. The summed E-state index contributed by atoms with van der Waals surface area (Å²) in [6.45, 7) is 0. The minimum absolute atomic E-state index is 0.0240. The zero-order valence-electron chi connectivity index (χ0n) is 9.80. The molecule has 0 aliphatic heterocycles. The molecule has 0 saturated carbocycles. The number of carboxylic acid groups (broad SMARTS) is 1. The van der Waals surface area contributed by atoms with E-state index in [-0.39, 0.29) is 6.42 Å². The zero-order valence-corrected chi connectivity index (χ0v) is 10.6. The second-order valence-electron chi connectivity index (χ2n) is 4.62.